The summed E-state index contributed by atoms with van der Waals surface area (Å²) in [6.45, 7) is 4.65. The molecular formula is C16H19N3O2. The van der Waals surface area contributed by atoms with Gasteiger partial charge < -0.3 is 15.8 Å². The van der Waals surface area contributed by atoms with Crippen molar-refractivity contribution in [3.63, 3.8) is 0 Å². The van der Waals surface area contributed by atoms with Crippen molar-refractivity contribution >= 4 is 22.5 Å². The van der Waals surface area contributed by atoms with Crippen molar-refractivity contribution in [1.29, 1.82) is 0 Å². The zero-order valence-corrected chi connectivity index (χ0v) is 12.2. The van der Waals surface area contributed by atoms with Gasteiger partial charge in [0.1, 0.15) is 5.82 Å². The molecule has 1 aromatic carbocycles. The van der Waals surface area contributed by atoms with Crippen LogP contribution in [0.4, 0.5) is 5.82 Å². The van der Waals surface area contributed by atoms with E-state index in [1.165, 1.54) is 6.20 Å². The lowest BCUT2D eigenvalue weighted by Crippen LogP contribution is -2.50. The van der Waals surface area contributed by atoms with Gasteiger partial charge in [-0.3, -0.25) is 4.79 Å². The fourth-order valence-corrected chi connectivity index (χ4v) is 2.72. The van der Waals surface area contributed by atoms with E-state index in [1.54, 1.807) is 0 Å². The number of pyridine rings is 1. The van der Waals surface area contributed by atoms with Crippen molar-refractivity contribution in [2.75, 3.05) is 12.3 Å². The number of benzene rings is 1. The average molecular weight is 285 g/mol. The minimum atomic E-state index is -0.348. The highest BCUT2D eigenvalue weighted by molar-refractivity contribution is 6.09. The number of hydrogen-bond donors (Lipinski definition) is 2. The molecule has 1 aromatic heterocycles. The summed E-state index contributed by atoms with van der Waals surface area (Å²) in [5.41, 5.74) is 6.07. The number of amides is 1. The fraction of sp³-hybridized carbons (Fsp3) is 0.375. The minimum absolute atomic E-state index is 0.00513. The normalized spacial score (nSPS) is 25.1. The van der Waals surface area contributed by atoms with Crippen LogP contribution in [0.2, 0.25) is 0 Å². The van der Waals surface area contributed by atoms with E-state index in [2.05, 4.69) is 10.3 Å². The molecule has 5 nitrogen and oxygen atoms in total. The van der Waals surface area contributed by atoms with Crippen LogP contribution >= 0.6 is 0 Å². The quantitative estimate of drug-likeness (QED) is 0.886. The van der Waals surface area contributed by atoms with Gasteiger partial charge in [0, 0.05) is 18.2 Å². The van der Waals surface area contributed by atoms with Gasteiger partial charge in [0.05, 0.1) is 17.2 Å². The van der Waals surface area contributed by atoms with E-state index in [-0.39, 0.29) is 17.6 Å². The minimum Gasteiger partial charge on any atom is -0.383 e. The average Bonchev–Trinajstić information content (AvgIpc) is 2.79. The number of fused-ring (bicyclic) bond motifs is 1. The monoisotopic (exact) mass is 285 g/mol. The summed E-state index contributed by atoms with van der Waals surface area (Å²) < 4.78 is 5.56. The maximum Gasteiger partial charge on any atom is 0.253 e. The number of nitrogens with zero attached hydrogens (tertiary/aromatic N) is 1. The Labute approximate surface area is 123 Å². The molecule has 0 bridgehead atoms. The molecule has 1 amide bonds. The van der Waals surface area contributed by atoms with Gasteiger partial charge in [-0.1, -0.05) is 24.3 Å². The highest BCUT2D eigenvalue weighted by Crippen LogP contribution is 2.27. The van der Waals surface area contributed by atoms with E-state index in [9.17, 15) is 4.79 Å². The number of ether oxygens (including phenoxy) is 1. The second-order valence-corrected chi connectivity index (χ2v) is 5.74. The molecule has 1 aliphatic heterocycles. The molecule has 0 aliphatic carbocycles. The summed E-state index contributed by atoms with van der Waals surface area (Å²) >= 11 is 0. The number of nitrogen functional groups attached to an aromatic ring is 1. The van der Waals surface area contributed by atoms with E-state index in [1.807, 2.05) is 38.1 Å². The second kappa shape index (κ2) is 5.00. The molecule has 1 aliphatic rings. The van der Waals surface area contributed by atoms with Crippen LogP contribution in [0.3, 0.4) is 0 Å². The Balaban J connectivity index is 1.97. The number of rotatable bonds is 2. The van der Waals surface area contributed by atoms with Gasteiger partial charge in [-0.25, -0.2) is 4.98 Å². The topological polar surface area (TPSA) is 77.2 Å². The first kappa shape index (κ1) is 13.8. The summed E-state index contributed by atoms with van der Waals surface area (Å²) in [6, 6.07) is 7.54. The van der Waals surface area contributed by atoms with Crippen molar-refractivity contribution in [2.24, 2.45) is 0 Å². The Hall–Kier alpha value is -2.14. The molecule has 21 heavy (non-hydrogen) atoms. The van der Waals surface area contributed by atoms with Crippen molar-refractivity contribution in [2.45, 2.75) is 31.9 Å². The predicted molar refractivity (Wildman–Crippen MR) is 82.1 cm³/mol. The highest BCUT2D eigenvalue weighted by Gasteiger charge is 2.38. The Morgan fingerprint density at radius 2 is 2.14 bits per heavy atom. The fourth-order valence-electron chi connectivity index (χ4n) is 2.72. The molecular weight excluding hydrogens is 266 g/mol. The number of carbonyl (C=O) groups excluding carboxylic acids is 1. The largest absolute Gasteiger partial charge is 0.383 e. The molecule has 2 unspecified atom stereocenters. The van der Waals surface area contributed by atoms with E-state index in [0.717, 1.165) is 17.2 Å². The standard InChI is InChI=1S/C16H19N3O2/c1-10-16(2,7-8-21-10)19-15(20)13-9-18-14(17)12-6-4-3-5-11(12)13/h3-6,9-10H,7-8H2,1-2H3,(H2,17,18)(H,19,20). The molecule has 5 heteroatoms. The van der Waals surface area contributed by atoms with Crippen LogP contribution in [-0.4, -0.2) is 29.1 Å². The molecule has 1 fully saturated rings. The third kappa shape index (κ3) is 2.34. The van der Waals surface area contributed by atoms with Crippen LogP contribution in [0, 0.1) is 0 Å². The first-order valence-electron chi connectivity index (χ1n) is 7.08. The number of aromatic nitrogens is 1. The van der Waals surface area contributed by atoms with Gasteiger partial charge in [-0.2, -0.15) is 0 Å². The highest BCUT2D eigenvalue weighted by atomic mass is 16.5. The van der Waals surface area contributed by atoms with Crippen LogP contribution in [0.1, 0.15) is 30.6 Å². The smallest absolute Gasteiger partial charge is 0.253 e. The first-order valence-corrected chi connectivity index (χ1v) is 7.08. The third-order valence-corrected chi connectivity index (χ3v) is 4.36. The van der Waals surface area contributed by atoms with Gasteiger partial charge in [0.25, 0.3) is 5.91 Å². The van der Waals surface area contributed by atoms with Crippen molar-refractivity contribution in [3.8, 4) is 0 Å². The molecule has 110 valence electrons. The summed E-state index contributed by atoms with van der Waals surface area (Å²) in [6.07, 6.45) is 2.34. The number of nitrogens with one attached hydrogen (secondary N) is 1. The van der Waals surface area contributed by atoms with E-state index >= 15 is 0 Å². The molecule has 3 rings (SSSR count). The summed E-state index contributed by atoms with van der Waals surface area (Å²) in [5, 5.41) is 4.70. The Morgan fingerprint density at radius 1 is 1.43 bits per heavy atom. The van der Waals surface area contributed by atoms with Crippen LogP contribution in [0.25, 0.3) is 10.8 Å². The Morgan fingerprint density at radius 3 is 2.81 bits per heavy atom. The van der Waals surface area contributed by atoms with Crippen molar-refractivity contribution in [1.82, 2.24) is 10.3 Å². The number of nitrogens with two attached hydrogens (primary N) is 1. The summed E-state index contributed by atoms with van der Waals surface area (Å²) in [7, 11) is 0. The van der Waals surface area contributed by atoms with Crippen LogP contribution in [0.15, 0.2) is 30.5 Å². The molecule has 3 N–H and O–H groups in total. The van der Waals surface area contributed by atoms with E-state index in [4.69, 9.17) is 10.5 Å². The number of anilines is 1. The van der Waals surface area contributed by atoms with Crippen LogP contribution in [-0.2, 0) is 4.74 Å². The lowest BCUT2D eigenvalue weighted by Gasteiger charge is -2.29. The molecule has 2 heterocycles. The van der Waals surface area contributed by atoms with Gasteiger partial charge in [-0.15, -0.1) is 0 Å². The maximum atomic E-state index is 12.6. The van der Waals surface area contributed by atoms with Crippen LogP contribution < -0.4 is 11.1 Å². The lowest BCUT2D eigenvalue weighted by molar-refractivity contribution is 0.0728. The van der Waals surface area contributed by atoms with E-state index < -0.39 is 0 Å². The predicted octanol–water partition coefficient (Wildman–Crippen LogP) is 2.11. The van der Waals surface area contributed by atoms with Crippen LogP contribution in [0.5, 0.6) is 0 Å². The van der Waals surface area contributed by atoms with Gasteiger partial charge in [-0.05, 0) is 25.7 Å². The van der Waals surface area contributed by atoms with Crippen molar-refractivity contribution in [3.05, 3.63) is 36.0 Å². The van der Waals surface area contributed by atoms with Crippen molar-refractivity contribution < 1.29 is 9.53 Å². The number of carbonyl (C=O) groups is 1. The number of hydrogen-bond acceptors (Lipinski definition) is 4. The molecule has 0 saturated carbocycles. The Bertz CT molecular complexity index is 701. The molecule has 2 aromatic rings. The third-order valence-electron chi connectivity index (χ3n) is 4.36. The zero-order chi connectivity index (χ0) is 15.0. The van der Waals surface area contributed by atoms with Gasteiger partial charge in [0.15, 0.2) is 0 Å². The second-order valence-electron chi connectivity index (χ2n) is 5.74. The molecule has 1 saturated heterocycles. The van der Waals surface area contributed by atoms with E-state index in [0.29, 0.717) is 18.0 Å². The molecule has 0 spiro atoms. The van der Waals surface area contributed by atoms with Gasteiger partial charge in [0.2, 0.25) is 0 Å². The summed E-state index contributed by atoms with van der Waals surface area (Å²) in [5.74, 6) is 0.296. The zero-order valence-electron chi connectivity index (χ0n) is 12.2. The first-order chi connectivity index (χ1) is 10.0. The lowest BCUT2D eigenvalue weighted by atomic mass is 9.94. The Kier molecular flexibility index (Phi) is 3.29. The SMILES string of the molecule is CC1OCCC1(C)NC(=O)c1cnc(N)c2ccccc12. The summed E-state index contributed by atoms with van der Waals surface area (Å²) in [4.78, 5) is 16.8. The maximum absolute atomic E-state index is 12.6. The molecule has 0 radical (unpaired) electrons. The van der Waals surface area contributed by atoms with Gasteiger partial charge >= 0.3 is 0 Å². The molecule has 2 atom stereocenters.